The Bertz CT molecular complexity index is 42.6. The summed E-state index contributed by atoms with van der Waals surface area (Å²) in [7, 11) is 0. The van der Waals surface area contributed by atoms with Gasteiger partial charge in [0.05, 0.1) is 0 Å². The minimum atomic E-state index is -1.28. The van der Waals surface area contributed by atoms with E-state index in [1.165, 1.54) is 6.42 Å². The molecule has 0 N–H and O–H groups in total. The molecule has 0 nitrogen and oxygen atoms in total. The Morgan fingerprint density at radius 1 is 1.14 bits per heavy atom. The van der Waals surface area contributed by atoms with Crippen molar-refractivity contribution in [2.24, 2.45) is 0 Å². The van der Waals surface area contributed by atoms with Gasteiger partial charge in [0.1, 0.15) is 0 Å². The zero-order chi connectivity index (χ0) is 5.91. The van der Waals surface area contributed by atoms with Crippen molar-refractivity contribution in [2.75, 3.05) is 0 Å². The maximum atomic E-state index is 2.48. The summed E-state index contributed by atoms with van der Waals surface area (Å²) in [4.78, 5) is 7.45. The first-order chi connectivity index (χ1) is 3.06. The van der Waals surface area contributed by atoms with Gasteiger partial charge >= 0.3 is 51.0 Å². The Kier molecular flexibility index (Phi) is 3.29. The summed E-state index contributed by atoms with van der Waals surface area (Å²) in [6.45, 7) is 2.28. The predicted octanol–water partition coefficient (Wildman–Crippen LogP) is 2.73. The molecular weight excluding hydrogens is 191 g/mol. The average molecular weight is 207 g/mol. The average Bonchev–Trinajstić information content (AvgIpc) is 1.30. The van der Waals surface area contributed by atoms with Crippen molar-refractivity contribution in [2.45, 2.75) is 32.6 Å². The zero-order valence-electron chi connectivity index (χ0n) is 5.91. The second-order valence-corrected chi connectivity index (χ2v) is 19.4. The van der Waals surface area contributed by atoms with Crippen LogP contribution in [-0.2, 0) is 0 Å². The Labute approximate surface area is 51.2 Å². The summed E-state index contributed by atoms with van der Waals surface area (Å²) in [5, 5.41) is 0. The maximum absolute atomic E-state index is 2.48. The zero-order valence-corrected chi connectivity index (χ0v) is 8.77. The Morgan fingerprint density at radius 2 is 1.57 bits per heavy atom. The molecule has 0 radical (unpaired) electrons. The molecule has 0 fully saturated rings. The summed E-state index contributed by atoms with van der Waals surface area (Å²) in [5.74, 6) is 0. The third-order valence-corrected chi connectivity index (χ3v) is 6.71. The van der Waals surface area contributed by atoms with Crippen molar-refractivity contribution in [3.05, 3.63) is 0 Å². The van der Waals surface area contributed by atoms with E-state index in [4.69, 9.17) is 0 Å². The number of rotatable bonds is 2. The van der Waals surface area contributed by atoms with Gasteiger partial charge in [-0.1, -0.05) is 0 Å². The number of hydrogen-bond acceptors (Lipinski definition) is 0. The molecule has 0 amide bonds. The van der Waals surface area contributed by atoms with Crippen LogP contribution in [-0.4, -0.2) is 18.4 Å². The first kappa shape index (κ1) is 7.80. The van der Waals surface area contributed by atoms with Crippen molar-refractivity contribution in [3.63, 3.8) is 0 Å². The molecule has 0 rings (SSSR count). The molecular formula is C6H16Sn. The molecule has 0 aromatic heterocycles. The van der Waals surface area contributed by atoms with Crippen LogP contribution in [0.2, 0.25) is 19.3 Å². The van der Waals surface area contributed by atoms with Crippen LogP contribution in [0.5, 0.6) is 0 Å². The molecule has 0 saturated carbocycles. The van der Waals surface area contributed by atoms with E-state index in [0.717, 1.165) is 0 Å². The van der Waals surface area contributed by atoms with Crippen LogP contribution >= 0.6 is 0 Å². The van der Waals surface area contributed by atoms with Gasteiger partial charge in [-0.3, -0.25) is 0 Å². The fourth-order valence-corrected chi connectivity index (χ4v) is 5.03. The molecule has 0 saturated heterocycles. The van der Waals surface area contributed by atoms with Crippen molar-refractivity contribution in [3.8, 4) is 0 Å². The fraction of sp³-hybridized carbons (Fsp3) is 1.00. The SMILES string of the molecule is CC[CH2][Sn]([CH3])([CH3])[CH3]. The Hall–Kier alpha value is 0.799. The Balaban J connectivity index is 3.15. The molecule has 0 aliphatic heterocycles. The molecule has 44 valence electrons. The Morgan fingerprint density at radius 3 is 1.57 bits per heavy atom. The van der Waals surface area contributed by atoms with E-state index in [1.54, 1.807) is 4.44 Å². The third kappa shape index (κ3) is 6.80. The van der Waals surface area contributed by atoms with E-state index in [-0.39, 0.29) is 0 Å². The van der Waals surface area contributed by atoms with Gasteiger partial charge in [-0.15, -0.1) is 0 Å². The predicted molar refractivity (Wildman–Crippen MR) is 38.4 cm³/mol. The molecule has 0 aromatic carbocycles. The molecule has 0 unspecified atom stereocenters. The normalized spacial score (nSPS) is 12.0. The van der Waals surface area contributed by atoms with Crippen LogP contribution in [0.1, 0.15) is 13.3 Å². The first-order valence-corrected chi connectivity index (χ1v) is 13.6. The molecule has 7 heavy (non-hydrogen) atoms. The van der Waals surface area contributed by atoms with Crippen molar-refractivity contribution in [1.82, 2.24) is 0 Å². The van der Waals surface area contributed by atoms with Crippen LogP contribution in [0.25, 0.3) is 0 Å². The molecule has 0 atom stereocenters. The van der Waals surface area contributed by atoms with Crippen molar-refractivity contribution >= 4 is 18.4 Å². The molecule has 0 bridgehead atoms. The van der Waals surface area contributed by atoms with Crippen LogP contribution in [0.15, 0.2) is 0 Å². The van der Waals surface area contributed by atoms with E-state index in [1.807, 2.05) is 0 Å². The summed E-state index contributed by atoms with van der Waals surface area (Å²) in [6, 6.07) is 0. The van der Waals surface area contributed by atoms with Gasteiger partial charge in [-0.25, -0.2) is 0 Å². The summed E-state index contributed by atoms with van der Waals surface area (Å²) in [6.07, 6.45) is 1.40. The topological polar surface area (TPSA) is 0 Å². The molecule has 0 aliphatic rings. The van der Waals surface area contributed by atoms with E-state index in [0.29, 0.717) is 0 Å². The van der Waals surface area contributed by atoms with E-state index >= 15 is 0 Å². The third-order valence-electron chi connectivity index (χ3n) is 1.000. The summed E-state index contributed by atoms with van der Waals surface area (Å²) >= 11 is -1.28. The van der Waals surface area contributed by atoms with Crippen molar-refractivity contribution in [1.29, 1.82) is 0 Å². The first-order valence-electron chi connectivity index (χ1n) is 3.06. The van der Waals surface area contributed by atoms with Gasteiger partial charge in [0, 0.05) is 0 Å². The van der Waals surface area contributed by atoms with Gasteiger partial charge in [-0.05, 0) is 0 Å². The second kappa shape index (κ2) is 2.95. The molecule has 1 heteroatoms. The fourth-order valence-electron chi connectivity index (χ4n) is 0.750. The monoisotopic (exact) mass is 208 g/mol. The van der Waals surface area contributed by atoms with Gasteiger partial charge in [-0.2, -0.15) is 0 Å². The minimum absolute atomic E-state index is 1.28. The van der Waals surface area contributed by atoms with Gasteiger partial charge in [0.2, 0.25) is 0 Å². The van der Waals surface area contributed by atoms with E-state index < -0.39 is 18.4 Å². The van der Waals surface area contributed by atoms with Crippen LogP contribution in [0.4, 0.5) is 0 Å². The van der Waals surface area contributed by atoms with Crippen LogP contribution < -0.4 is 0 Å². The van der Waals surface area contributed by atoms with Crippen molar-refractivity contribution < 1.29 is 0 Å². The standard InChI is InChI=1S/C3H7.3CH3.Sn/c1-3-2;;;;/h1,3H2,2H3;3*1H3;. The quantitative estimate of drug-likeness (QED) is 0.610. The van der Waals surface area contributed by atoms with Gasteiger partial charge in [0.15, 0.2) is 0 Å². The summed E-state index contributed by atoms with van der Waals surface area (Å²) in [5.41, 5.74) is 0. The molecule has 0 aromatic rings. The molecule has 0 aliphatic carbocycles. The molecule has 0 spiro atoms. The van der Waals surface area contributed by atoms with E-state index in [9.17, 15) is 0 Å². The molecule has 0 heterocycles. The summed E-state index contributed by atoms with van der Waals surface area (Å²) < 4.78 is 1.55. The number of hydrogen-bond donors (Lipinski definition) is 0. The van der Waals surface area contributed by atoms with Gasteiger partial charge in [0.25, 0.3) is 0 Å². The van der Waals surface area contributed by atoms with Crippen LogP contribution in [0.3, 0.4) is 0 Å². The van der Waals surface area contributed by atoms with Crippen LogP contribution in [0, 0.1) is 0 Å². The van der Waals surface area contributed by atoms with Gasteiger partial charge < -0.3 is 0 Å². The van der Waals surface area contributed by atoms with E-state index in [2.05, 4.69) is 21.7 Å². The second-order valence-electron chi connectivity index (χ2n) is 3.31.